The summed E-state index contributed by atoms with van der Waals surface area (Å²) in [5, 5.41) is 3.79. The predicted octanol–water partition coefficient (Wildman–Crippen LogP) is 5.02. The van der Waals surface area contributed by atoms with Gasteiger partial charge in [0.2, 0.25) is 0 Å². The lowest BCUT2D eigenvalue weighted by Crippen LogP contribution is -2.53. The predicted molar refractivity (Wildman–Crippen MR) is 134 cm³/mol. The first kappa shape index (κ1) is 23.4. The zero-order chi connectivity index (χ0) is 25.1. The lowest BCUT2D eigenvalue weighted by atomic mass is 10.1. The van der Waals surface area contributed by atoms with E-state index in [0.29, 0.717) is 29.5 Å². The molecule has 8 nitrogen and oxygen atoms in total. The summed E-state index contributed by atoms with van der Waals surface area (Å²) < 4.78 is 13.1. The summed E-state index contributed by atoms with van der Waals surface area (Å²) in [5.74, 6) is -0.218. The van der Waals surface area contributed by atoms with Crippen LogP contribution in [0.3, 0.4) is 0 Å². The highest BCUT2D eigenvalue weighted by Crippen LogP contribution is 2.26. The van der Waals surface area contributed by atoms with Gasteiger partial charge < -0.3 is 13.7 Å². The van der Waals surface area contributed by atoms with E-state index in [1.165, 1.54) is 12.3 Å². The van der Waals surface area contributed by atoms with Crippen LogP contribution in [0.5, 0.6) is 5.75 Å². The molecule has 36 heavy (non-hydrogen) atoms. The highest BCUT2D eigenvalue weighted by molar-refractivity contribution is 6.31. The number of urea groups is 1. The van der Waals surface area contributed by atoms with Crippen molar-refractivity contribution in [3.05, 3.63) is 95.0 Å². The Kier molecular flexibility index (Phi) is 6.60. The SMILES string of the molecule is O=C1NC(=O)N(Cc2ccco2)C(=O)/C1=C/c1cn(CCCOc2ccc(Cl)cc2)c2ccccc12. The molecule has 182 valence electrons. The molecule has 1 aliphatic rings. The first-order valence-corrected chi connectivity index (χ1v) is 11.7. The summed E-state index contributed by atoms with van der Waals surface area (Å²) in [6.07, 6.45) is 5.62. The van der Waals surface area contributed by atoms with Gasteiger partial charge in [-0.25, -0.2) is 4.79 Å². The number of amides is 4. The zero-order valence-corrected chi connectivity index (χ0v) is 19.9. The number of para-hydroxylation sites is 1. The number of hydrogen-bond acceptors (Lipinski definition) is 5. The molecule has 2 aromatic heterocycles. The third-order valence-electron chi connectivity index (χ3n) is 5.82. The van der Waals surface area contributed by atoms with Crippen molar-refractivity contribution in [2.45, 2.75) is 19.5 Å². The van der Waals surface area contributed by atoms with Crippen LogP contribution in [-0.4, -0.2) is 33.9 Å². The lowest BCUT2D eigenvalue weighted by molar-refractivity contribution is -0.130. The number of furan rings is 1. The van der Waals surface area contributed by atoms with Gasteiger partial charge in [-0.15, -0.1) is 0 Å². The largest absolute Gasteiger partial charge is 0.494 e. The summed E-state index contributed by atoms with van der Waals surface area (Å²) in [6.45, 7) is 1.10. The third-order valence-corrected chi connectivity index (χ3v) is 6.08. The number of halogens is 1. The zero-order valence-electron chi connectivity index (χ0n) is 19.1. The van der Waals surface area contributed by atoms with Gasteiger partial charge in [-0.2, -0.15) is 0 Å². The van der Waals surface area contributed by atoms with E-state index in [1.807, 2.05) is 42.6 Å². The van der Waals surface area contributed by atoms with Crippen molar-refractivity contribution < 1.29 is 23.5 Å². The maximum absolute atomic E-state index is 13.1. The average Bonchev–Trinajstić information content (AvgIpc) is 3.51. The second kappa shape index (κ2) is 10.1. The Balaban J connectivity index is 1.36. The van der Waals surface area contributed by atoms with Gasteiger partial charge in [0.05, 0.1) is 19.4 Å². The fourth-order valence-electron chi connectivity index (χ4n) is 4.08. The molecule has 3 heterocycles. The Morgan fingerprint density at radius 2 is 1.81 bits per heavy atom. The first-order chi connectivity index (χ1) is 17.5. The van der Waals surface area contributed by atoms with Gasteiger partial charge in [0, 0.05) is 34.2 Å². The van der Waals surface area contributed by atoms with Crippen LogP contribution in [-0.2, 0) is 22.7 Å². The Labute approximate surface area is 211 Å². The van der Waals surface area contributed by atoms with Crippen molar-refractivity contribution in [3.8, 4) is 5.75 Å². The molecule has 0 unspecified atom stereocenters. The van der Waals surface area contributed by atoms with Crippen LogP contribution in [0.15, 0.2) is 83.1 Å². The van der Waals surface area contributed by atoms with E-state index >= 15 is 0 Å². The van der Waals surface area contributed by atoms with Crippen molar-refractivity contribution in [2.24, 2.45) is 0 Å². The number of carbonyl (C=O) groups excluding carboxylic acids is 3. The Morgan fingerprint density at radius 1 is 1.00 bits per heavy atom. The van der Waals surface area contributed by atoms with Crippen molar-refractivity contribution in [3.63, 3.8) is 0 Å². The molecular weight excluding hydrogens is 482 g/mol. The van der Waals surface area contributed by atoms with Crippen LogP contribution in [0.1, 0.15) is 17.7 Å². The van der Waals surface area contributed by atoms with Crippen LogP contribution < -0.4 is 10.1 Å². The summed E-state index contributed by atoms with van der Waals surface area (Å²) in [4.78, 5) is 38.9. The number of imide groups is 2. The normalized spacial score (nSPS) is 15.1. The molecule has 2 aromatic carbocycles. The Hall–Kier alpha value is -4.30. The highest BCUT2D eigenvalue weighted by Gasteiger charge is 2.36. The number of aryl methyl sites for hydroxylation is 1. The summed E-state index contributed by atoms with van der Waals surface area (Å²) >= 11 is 5.91. The molecular formula is C27H22ClN3O5. The number of nitrogens with one attached hydrogen (secondary N) is 1. The molecule has 5 rings (SSSR count). The van der Waals surface area contributed by atoms with Crippen LogP contribution in [0.2, 0.25) is 5.02 Å². The van der Waals surface area contributed by atoms with Gasteiger partial charge in [-0.1, -0.05) is 29.8 Å². The van der Waals surface area contributed by atoms with E-state index in [0.717, 1.165) is 28.0 Å². The van der Waals surface area contributed by atoms with E-state index in [1.54, 1.807) is 24.3 Å². The van der Waals surface area contributed by atoms with Crippen LogP contribution >= 0.6 is 11.6 Å². The molecule has 1 N–H and O–H groups in total. The van der Waals surface area contributed by atoms with Crippen molar-refractivity contribution in [1.29, 1.82) is 0 Å². The number of aromatic nitrogens is 1. The second-order valence-electron chi connectivity index (χ2n) is 8.24. The standard InChI is InChI=1S/C27H22ClN3O5/c28-19-8-10-20(11-9-19)35-14-4-12-30-16-18(22-6-1-2-7-24(22)30)15-23-25(32)29-27(34)31(26(23)33)17-21-5-3-13-36-21/h1-3,5-11,13,15-16H,4,12,14,17H2,(H,29,32,34)/b23-15+. The molecule has 0 spiro atoms. The molecule has 1 fully saturated rings. The molecule has 0 saturated carbocycles. The number of ether oxygens (including phenoxy) is 1. The minimum Gasteiger partial charge on any atom is -0.494 e. The molecule has 1 saturated heterocycles. The number of rotatable bonds is 8. The topological polar surface area (TPSA) is 93.8 Å². The molecule has 4 aromatic rings. The first-order valence-electron chi connectivity index (χ1n) is 11.4. The Bertz CT molecular complexity index is 1450. The van der Waals surface area contributed by atoms with E-state index < -0.39 is 17.8 Å². The highest BCUT2D eigenvalue weighted by atomic mass is 35.5. The summed E-state index contributed by atoms with van der Waals surface area (Å²) in [7, 11) is 0. The van der Waals surface area contributed by atoms with Gasteiger partial charge in [-0.3, -0.25) is 19.8 Å². The smallest absolute Gasteiger partial charge is 0.331 e. The molecule has 0 radical (unpaired) electrons. The molecule has 9 heteroatoms. The van der Waals surface area contributed by atoms with Crippen molar-refractivity contribution in [2.75, 3.05) is 6.61 Å². The minimum absolute atomic E-state index is 0.0718. The number of nitrogens with zero attached hydrogens (tertiary/aromatic N) is 2. The van der Waals surface area contributed by atoms with Gasteiger partial charge in [0.25, 0.3) is 11.8 Å². The summed E-state index contributed by atoms with van der Waals surface area (Å²) in [6, 6.07) is 17.5. The van der Waals surface area contributed by atoms with Crippen molar-refractivity contribution in [1.82, 2.24) is 14.8 Å². The second-order valence-corrected chi connectivity index (χ2v) is 8.68. The number of benzene rings is 2. The van der Waals surface area contributed by atoms with Crippen molar-refractivity contribution >= 4 is 46.4 Å². The van der Waals surface area contributed by atoms with E-state index in [2.05, 4.69) is 9.88 Å². The molecule has 4 amide bonds. The third kappa shape index (κ3) is 4.89. The van der Waals surface area contributed by atoms with Gasteiger partial charge >= 0.3 is 6.03 Å². The van der Waals surface area contributed by atoms with E-state index in [4.69, 9.17) is 20.8 Å². The number of fused-ring (bicyclic) bond motifs is 1. The molecule has 1 aliphatic heterocycles. The molecule has 0 bridgehead atoms. The van der Waals surface area contributed by atoms with Gasteiger partial charge in [0.1, 0.15) is 17.1 Å². The Morgan fingerprint density at radius 3 is 2.58 bits per heavy atom. The monoisotopic (exact) mass is 503 g/mol. The fraction of sp³-hybridized carbons (Fsp3) is 0.148. The summed E-state index contributed by atoms with van der Waals surface area (Å²) in [5.41, 5.74) is 1.55. The average molecular weight is 504 g/mol. The lowest BCUT2D eigenvalue weighted by Gasteiger charge is -2.25. The maximum atomic E-state index is 13.1. The van der Waals surface area contributed by atoms with Crippen LogP contribution in [0.25, 0.3) is 17.0 Å². The number of barbiturate groups is 1. The quantitative estimate of drug-likeness (QED) is 0.207. The molecule has 0 atom stereocenters. The van der Waals surface area contributed by atoms with E-state index in [-0.39, 0.29) is 12.1 Å². The van der Waals surface area contributed by atoms with Crippen LogP contribution in [0, 0.1) is 0 Å². The van der Waals surface area contributed by atoms with Gasteiger partial charge in [0.15, 0.2) is 0 Å². The fourth-order valence-corrected chi connectivity index (χ4v) is 4.21. The van der Waals surface area contributed by atoms with E-state index in [9.17, 15) is 14.4 Å². The number of carbonyl (C=O) groups is 3. The maximum Gasteiger partial charge on any atom is 0.331 e. The molecule has 0 aliphatic carbocycles. The van der Waals surface area contributed by atoms with Gasteiger partial charge in [-0.05, 0) is 55.0 Å². The van der Waals surface area contributed by atoms with Crippen LogP contribution in [0.4, 0.5) is 4.79 Å². The number of hydrogen-bond donors (Lipinski definition) is 1. The minimum atomic E-state index is -0.776.